The van der Waals surface area contributed by atoms with Crippen LogP contribution >= 0.6 is 0 Å². The molecule has 0 atom stereocenters. The van der Waals surface area contributed by atoms with E-state index in [1.165, 1.54) is 0 Å². The molecule has 0 radical (unpaired) electrons. The number of ether oxygens (including phenoxy) is 2. The second-order valence-corrected chi connectivity index (χ2v) is 5.49. The van der Waals surface area contributed by atoms with Crippen molar-refractivity contribution in [3.05, 3.63) is 29.8 Å². The van der Waals surface area contributed by atoms with Crippen molar-refractivity contribution in [2.75, 3.05) is 19.8 Å². The lowest BCUT2D eigenvalue weighted by Gasteiger charge is -2.26. The smallest absolute Gasteiger partial charge is 0.307 e. The maximum absolute atomic E-state index is 12.5. The zero-order chi connectivity index (χ0) is 17.2. The average molecular weight is 321 g/mol. The third-order valence-corrected chi connectivity index (χ3v) is 3.40. The van der Waals surface area contributed by atoms with E-state index in [9.17, 15) is 9.59 Å². The summed E-state index contributed by atoms with van der Waals surface area (Å²) in [6.45, 7) is 8.96. The Balaban J connectivity index is 2.61. The van der Waals surface area contributed by atoms with E-state index in [2.05, 4.69) is 0 Å². The standard InChI is InChI=1S/C18H27NO4/c1-5-22-16-9-7-15(8-10-16)13-17(20)19(14(3)4)12-11-18(21)23-6-2/h7-10,14H,5-6,11-13H2,1-4H3. The van der Waals surface area contributed by atoms with Gasteiger partial charge in [0.05, 0.1) is 26.1 Å². The molecule has 0 bridgehead atoms. The predicted molar refractivity (Wildman–Crippen MR) is 89.4 cm³/mol. The van der Waals surface area contributed by atoms with Crippen LogP contribution in [0.25, 0.3) is 0 Å². The summed E-state index contributed by atoms with van der Waals surface area (Å²) < 4.78 is 10.3. The number of carbonyl (C=O) groups excluding carboxylic acids is 2. The van der Waals surface area contributed by atoms with Crippen LogP contribution in [-0.2, 0) is 20.7 Å². The monoisotopic (exact) mass is 321 g/mol. The Morgan fingerprint density at radius 2 is 1.74 bits per heavy atom. The van der Waals surface area contributed by atoms with Crippen molar-refractivity contribution in [1.82, 2.24) is 4.90 Å². The summed E-state index contributed by atoms with van der Waals surface area (Å²) in [6, 6.07) is 7.56. The molecular formula is C18H27NO4. The van der Waals surface area contributed by atoms with E-state index >= 15 is 0 Å². The van der Waals surface area contributed by atoms with Gasteiger partial charge < -0.3 is 14.4 Å². The van der Waals surface area contributed by atoms with E-state index in [1.807, 2.05) is 45.0 Å². The fourth-order valence-corrected chi connectivity index (χ4v) is 2.26. The molecule has 0 heterocycles. The first-order chi connectivity index (χ1) is 11.0. The summed E-state index contributed by atoms with van der Waals surface area (Å²) in [5.41, 5.74) is 0.931. The van der Waals surface area contributed by atoms with Crippen LogP contribution < -0.4 is 4.74 Å². The number of hydrogen-bond acceptors (Lipinski definition) is 4. The van der Waals surface area contributed by atoms with E-state index in [-0.39, 0.29) is 24.3 Å². The number of carbonyl (C=O) groups is 2. The minimum Gasteiger partial charge on any atom is -0.494 e. The lowest BCUT2D eigenvalue weighted by molar-refractivity contribution is -0.144. The Morgan fingerprint density at radius 1 is 1.09 bits per heavy atom. The molecule has 128 valence electrons. The number of rotatable bonds is 9. The van der Waals surface area contributed by atoms with Gasteiger partial charge >= 0.3 is 5.97 Å². The number of amides is 1. The Kier molecular flexibility index (Phi) is 8.16. The van der Waals surface area contributed by atoms with E-state index < -0.39 is 0 Å². The average Bonchev–Trinajstić information content (AvgIpc) is 2.49. The van der Waals surface area contributed by atoms with Crippen LogP contribution in [0.1, 0.15) is 39.7 Å². The minimum absolute atomic E-state index is 0.00783. The molecule has 1 amide bonds. The maximum atomic E-state index is 12.5. The zero-order valence-corrected chi connectivity index (χ0v) is 14.5. The number of benzene rings is 1. The molecule has 0 unspecified atom stereocenters. The van der Waals surface area contributed by atoms with Gasteiger partial charge in [-0.05, 0) is 45.4 Å². The van der Waals surface area contributed by atoms with Crippen molar-refractivity contribution in [3.8, 4) is 5.75 Å². The maximum Gasteiger partial charge on any atom is 0.307 e. The van der Waals surface area contributed by atoms with Gasteiger partial charge in [-0.3, -0.25) is 9.59 Å². The first-order valence-corrected chi connectivity index (χ1v) is 8.14. The minimum atomic E-state index is -0.271. The Hall–Kier alpha value is -2.04. The van der Waals surface area contributed by atoms with E-state index in [0.717, 1.165) is 11.3 Å². The summed E-state index contributed by atoms with van der Waals surface area (Å²) in [4.78, 5) is 25.7. The van der Waals surface area contributed by atoms with Gasteiger partial charge in [0.1, 0.15) is 5.75 Å². The van der Waals surface area contributed by atoms with Crippen LogP contribution in [-0.4, -0.2) is 42.6 Å². The highest BCUT2D eigenvalue weighted by Gasteiger charge is 2.18. The van der Waals surface area contributed by atoms with Crippen LogP contribution in [0.5, 0.6) is 5.75 Å². The summed E-state index contributed by atoms with van der Waals surface area (Å²) in [5.74, 6) is 0.534. The van der Waals surface area contributed by atoms with Gasteiger partial charge in [-0.1, -0.05) is 12.1 Å². The van der Waals surface area contributed by atoms with Crippen LogP contribution in [0, 0.1) is 0 Å². The van der Waals surface area contributed by atoms with Gasteiger partial charge in [0.25, 0.3) is 0 Å². The van der Waals surface area contributed by atoms with Crippen molar-refractivity contribution >= 4 is 11.9 Å². The first kappa shape index (κ1) is 19.0. The topological polar surface area (TPSA) is 55.8 Å². The summed E-state index contributed by atoms with van der Waals surface area (Å²) in [5, 5.41) is 0. The van der Waals surface area contributed by atoms with Crippen molar-refractivity contribution in [3.63, 3.8) is 0 Å². The molecule has 5 nitrogen and oxygen atoms in total. The molecule has 23 heavy (non-hydrogen) atoms. The van der Waals surface area contributed by atoms with Crippen molar-refractivity contribution < 1.29 is 19.1 Å². The van der Waals surface area contributed by atoms with Crippen LogP contribution in [0.3, 0.4) is 0 Å². The molecule has 0 aromatic heterocycles. The van der Waals surface area contributed by atoms with Gasteiger partial charge in [0.15, 0.2) is 0 Å². The van der Waals surface area contributed by atoms with Gasteiger partial charge in [-0.15, -0.1) is 0 Å². The molecule has 0 aliphatic heterocycles. The lowest BCUT2D eigenvalue weighted by Crippen LogP contribution is -2.39. The van der Waals surface area contributed by atoms with Crippen molar-refractivity contribution in [1.29, 1.82) is 0 Å². The number of nitrogens with zero attached hydrogens (tertiary/aromatic N) is 1. The Bertz CT molecular complexity index is 496. The molecule has 0 aliphatic rings. The van der Waals surface area contributed by atoms with Gasteiger partial charge in [-0.2, -0.15) is 0 Å². The van der Waals surface area contributed by atoms with Crippen molar-refractivity contribution in [2.24, 2.45) is 0 Å². The summed E-state index contributed by atoms with van der Waals surface area (Å²) in [7, 11) is 0. The Morgan fingerprint density at radius 3 is 2.26 bits per heavy atom. The zero-order valence-electron chi connectivity index (χ0n) is 14.5. The molecule has 0 spiro atoms. The lowest BCUT2D eigenvalue weighted by atomic mass is 10.1. The number of esters is 1. The van der Waals surface area contributed by atoms with Crippen molar-refractivity contribution in [2.45, 2.75) is 46.6 Å². The third-order valence-electron chi connectivity index (χ3n) is 3.40. The highest BCUT2D eigenvalue weighted by atomic mass is 16.5. The molecular weight excluding hydrogens is 294 g/mol. The normalized spacial score (nSPS) is 10.5. The Labute approximate surface area is 138 Å². The fraction of sp³-hybridized carbons (Fsp3) is 0.556. The van der Waals surface area contributed by atoms with Crippen LogP contribution in [0.15, 0.2) is 24.3 Å². The first-order valence-electron chi connectivity index (χ1n) is 8.14. The van der Waals surface area contributed by atoms with Gasteiger partial charge in [0, 0.05) is 12.6 Å². The molecule has 0 saturated carbocycles. The summed E-state index contributed by atoms with van der Waals surface area (Å²) >= 11 is 0. The second-order valence-electron chi connectivity index (χ2n) is 5.49. The predicted octanol–water partition coefficient (Wildman–Crippen LogP) is 2.82. The highest BCUT2D eigenvalue weighted by Crippen LogP contribution is 2.14. The molecule has 1 aromatic carbocycles. The molecule has 1 aromatic rings. The molecule has 0 fully saturated rings. The third kappa shape index (κ3) is 6.72. The van der Waals surface area contributed by atoms with Crippen LogP contribution in [0.4, 0.5) is 0 Å². The second kappa shape index (κ2) is 9.87. The quantitative estimate of drug-likeness (QED) is 0.656. The largest absolute Gasteiger partial charge is 0.494 e. The molecule has 0 aliphatic carbocycles. The van der Waals surface area contributed by atoms with E-state index in [0.29, 0.717) is 26.2 Å². The van der Waals surface area contributed by atoms with E-state index in [1.54, 1.807) is 11.8 Å². The SMILES string of the molecule is CCOC(=O)CCN(C(=O)Cc1ccc(OCC)cc1)C(C)C. The number of hydrogen-bond donors (Lipinski definition) is 0. The van der Waals surface area contributed by atoms with Gasteiger partial charge in [-0.25, -0.2) is 0 Å². The van der Waals surface area contributed by atoms with Crippen LogP contribution in [0.2, 0.25) is 0 Å². The summed E-state index contributed by atoms with van der Waals surface area (Å²) in [6.07, 6.45) is 0.536. The highest BCUT2D eigenvalue weighted by molar-refractivity contribution is 5.80. The molecule has 0 saturated heterocycles. The molecule has 1 rings (SSSR count). The van der Waals surface area contributed by atoms with Gasteiger partial charge in [0.2, 0.25) is 5.91 Å². The molecule has 5 heteroatoms. The molecule has 0 N–H and O–H groups in total. The van der Waals surface area contributed by atoms with E-state index in [4.69, 9.17) is 9.47 Å². The fourth-order valence-electron chi connectivity index (χ4n) is 2.26.